The van der Waals surface area contributed by atoms with Gasteiger partial charge in [0, 0.05) is 18.7 Å². The molecule has 0 radical (unpaired) electrons. The van der Waals surface area contributed by atoms with Gasteiger partial charge in [-0.05, 0) is 25.1 Å². The van der Waals surface area contributed by atoms with E-state index >= 15 is 0 Å². The summed E-state index contributed by atoms with van der Waals surface area (Å²) in [6, 6.07) is 3.75. The highest BCUT2D eigenvalue weighted by molar-refractivity contribution is 7.89. The minimum atomic E-state index is -3.77. The molecule has 1 rings (SSSR count). The zero-order chi connectivity index (χ0) is 15.3. The number of halogens is 1. The Balaban J connectivity index is 3.20. The van der Waals surface area contributed by atoms with Crippen LogP contribution in [-0.4, -0.2) is 49.2 Å². The molecule has 0 aliphatic heterocycles. The van der Waals surface area contributed by atoms with Gasteiger partial charge < -0.3 is 10.2 Å². The van der Waals surface area contributed by atoms with Gasteiger partial charge in [0.05, 0.1) is 11.6 Å². The maximum Gasteiger partial charge on any atom is 0.244 e. The quantitative estimate of drug-likeness (QED) is 0.801. The third-order valence-electron chi connectivity index (χ3n) is 2.79. The van der Waals surface area contributed by atoms with Crippen molar-refractivity contribution in [2.75, 3.05) is 20.3 Å². The van der Waals surface area contributed by atoms with Crippen molar-refractivity contribution in [1.29, 1.82) is 0 Å². The topological polar surface area (TPSA) is 77.8 Å². The molecule has 0 saturated carbocycles. The Morgan fingerprint density at radius 1 is 1.40 bits per heavy atom. The molecule has 0 aromatic heterocycles. The molecule has 2 N–H and O–H groups in total. The van der Waals surface area contributed by atoms with Crippen molar-refractivity contribution < 1.29 is 18.6 Å². The third kappa shape index (κ3) is 3.72. The Bertz CT molecular complexity index is 634. The molecule has 7 heteroatoms. The van der Waals surface area contributed by atoms with E-state index in [9.17, 15) is 8.42 Å². The van der Waals surface area contributed by atoms with Crippen LogP contribution in [0, 0.1) is 11.8 Å². The SMILES string of the molecule is CC(CO)N(C)S(=O)(=O)c1ccc(C#CCO)cc1Cl. The van der Waals surface area contributed by atoms with Crippen LogP contribution < -0.4 is 0 Å². The van der Waals surface area contributed by atoms with Crippen LogP contribution in [0.3, 0.4) is 0 Å². The van der Waals surface area contributed by atoms with Crippen LogP contribution in [0.1, 0.15) is 12.5 Å². The van der Waals surface area contributed by atoms with E-state index in [4.69, 9.17) is 21.8 Å². The van der Waals surface area contributed by atoms with Crippen molar-refractivity contribution in [3.8, 4) is 11.8 Å². The number of hydrogen-bond acceptors (Lipinski definition) is 4. The Morgan fingerprint density at radius 3 is 2.55 bits per heavy atom. The predicted molar refractivity (Wildman–Crippen MR) is 76.9 cm³/mol. The average Bonchev–Trinajstić information content (AvgIpc) is 2.43. The highest BCUT2D eigenvalue weighted by Crippen LogP contribution is 2.25. The molecule has 1 unspecified atom stereocenters. The fourth-order valence-electron chi connectivity index (χ4n) is 1.44. The molecular weight excluding hydrogens is 302 g/mol. The molecule has 1 aromatic carbocycles. The minimum Gasteiger partial charge on any atom is -0.395 e. The molecule has 5 nitrogen and oxygen atoms in total. The zero-order valence-electron chi connectivity index (χ0n) is 11.2. The van der Waals surface area contributed by atoms with Crippen LogP contribution in [0.4, 0.5) is 0 Å². The highest BCUT2D eigenvalue weighted by atomic mass is 35.5. The van der Waals surface area contributed by atoms with Crippen LogP contribution >= 0.6 is 11.6 Å². The monoisotopic (exact) mass is 317 g/mol. The average molecular weight is 318 g/mol. The lowest BCUT2D eigenvalue weighted by Gasteiger charge is -2.23. The van der Waals surface area contributed by atoms with Crippen LogP contribution in [0.25, 0.3) is 0 Å². The van der Waals surface area contributed by atoms with E-state index < -0.39 is 16.1 Å². The van der Waals surface area contributed by atoms with Gasteiger partial charge in [0.25, 0.3) is 0 Å². The van der Waals surface area contributed by atoms with Gasteiger partial charge in [0.15, 0.2) is 0 Å². The molecule has 1 aromatic rings. The van der Waals surface area contributed by atoms with Gasteiger partial charge in [-0.2, -0.15) is 4.31 Å². The van der Waals surface area contributed by atoms with Gasteiger partial charge in [0.2, 0.25) is 10.0 Å². The molecule has 0 aliphatic rings. The number of likely N-dealkylation sites (N-methyl/N-ethyl adjacent to an activating group) is 1. The van der Waals surface area contributed by atoms with Crippen molar-refractivity contribution in [2.45, 2.75) is 17.9 Å². The van der Waals surface area contributed by atoms with Gasteiger partial charge in [-0.1, -0.05) is 23.4 Å². The first-order chi connectivity index (χ1) is 9.34. The Labute approximate surface area is 123 Å². The van der Waals surface area contributed by atoms with Crippen LogP contribution in [0.5, 0.6) is 0 Å². The number of sulfonamides is 1. The highest BCUT2D eigenvalue weighted by Gasteiger charge is 2.27. The lowest BCUT2D eigenvalue weighted by molar-refractivity contribution is 0.214. The molecule has 1 atom stereocenters. The molecule has 0 saturated heterocycles. The molecule has 20 heavy (non-hydrogen) atoms. The number of aliphatic hydroxyl groups excluding tert-OH is 2. The van der Waals surface area contributed by atoms with E-state index in [1.54, 1.807) is 6.92 Å². The lowest BCUT2D eigenvalue weighted by atomic mass is 10.2. The standard InChI is InChI=1S/C13H16ClNO4S/c1-10(9-17)15(2)20(18,19)13-6-5-11(4-3-7-16)8-12(13)14/h5-6,8,10,16-17H,7,9H2,1-2H3. The van der Waals surface area contributed by atoms with Crippen LogP contribution in [0.2, 0.25) is 5.02 Å². The summed E-state index contributed by atoms with van der Waals surface area (Å²) in [7, 11) is -2.39. The van der Waals surface area contributed by atoms with E-state index in [1.807, 2.05) is 0 Å². The summed E-state index contributed by atoms with van der Waals surface area (Å²) in [5.74, 6) is 5.10. The Kier molecular flexibility index (Phi) is 5.99. The second-order valence-electron chi connectivity index (χ2n) is 4.16. The van der Waals surface area contributed by atoms with E-state index in [0.717, 1.165) is 4.31 Å². The summed E-state index contributed by atoms with van der Waals surface area (Å²) in [5, 5.41) is 17.7. The van der Waals surface area contributed by atoms with E-state index in [2.05, 4.69) is 11.8 Å². The number of nitrogens with zero attached hydrogens (tertiary/aromatic N) is 1. The second kappa shape index (κ2) is 7.07. The first-order valence-corrected chi connectivity index (χ1v) is 7.64. The molecule has 0 spiro atoms. The van der Waals surface area contributed by atoms with E-state index in [1.165, 1.54) is 25.2 Å². The first kappa shape index (κ1) is 17.0. The largest absolute Gasteiger partial charge is 0.395 e. The van der Waals surface area contributed by atoms with Crippen molar-refractivity contribution in [2.24, 2.45) is 0 Å². The maximum atomic E-state index is 12.3. The first-order valence-electron chi connectivity index (χ1n) is 5.82. The van der Waals surface area contributed by atoms with Crippen molar-refractivity contribution in [3.63, 3.8) is 0 Å². The van der Waals surface area contributed by atoms with Gasteiger partial charge >= 0.3 is 0 Å². The maximum absolute atomic E-state index is 12.3. The van der Waals surface area contributed by atoms with E-state index in [-0.39, 0.29) is 23.1 Å². The number of hydrogen-bond donors (Lipinski definition) is 2. The molecule has 0 aliphatic carbocycles. The molecule has 0 fully saturated rings. The van der Waals surface area contributed by atoms with Crippen molar-refractivity contribution >= 4 is 21.6 Å². The fourth-order valence-corrected chi connectivity index (χ4v) is 3.31. The molecule has 0 amide bonds. The smallest absolute Gasteiger partial charge is 0.244 e. The molecule has 110 valence electrons. The summed E-state index contributed by atoms with van der Waals surface area (Å²) in [6.45, 7) is 1.02. The Hall–Kier alpha value is -1.10. The third-order valence-corrected chi connectivity index (χ3v) is 5.24. The predicted octanol–water partition coefficient (Wildman–Crippen LogP) is 0.685. The Morgan fingerprint density at radius 2 is 2.05 bits per heavy atom. The summed E-state index contributed by atoms with van der Waals surface area (Å²) in [4.78, 5) is -0.0449. The van der Waals surface area contributed by atoms with Gasteiger partial charge in [-0.3, -0.25) is 0 Å². The summed E-state index contributed by atoms with van der Waals surface area (Å²) < 4.78 is 25.7. The second-order valence-corrected chi connectivity index (χ2v) is 6.53. The number of rotatable bonds is 4. The van der Waals surface area contributed by atoms with Gasteiger partial charge in [0.1, 0.15) is 11.5 Å². The fraction of sp³-hybridized carbons (Fsp3) is 0.385. The normalized spacial score (nSPS) is 12.9. The van der Waals surface area contributed by atoms with E-state index in [0.29, 0.717) is 5.56 Å². The van der Waals surface area contributed by atoms with Crippen molar-refractivity contribution in [1.82, 2.24) is 4.31 Å². The lowest BCUT2D eigenvalue weighted by Crippen LogP contribution is -2.37. The van der Waals surface area contributed by atoms with Gasteiger partial charge in [-0.25, -0.2) is 8.42 Å². The summed E-state index contributed by atoms with van der Waals surface area (Å²) in [5.41, 5.74) is 0.515. The number of aliphatic hydroxyl groups is 2. The minimum absolute atomic E-state index is 0.0449. The van der Waals surface area contributed by atoms with Crippen LogP contribution in [-0.2, 0) is 10.0 Å². The zero-order valence-corrected chi connectivity index (χ0v) is 12.7. The van der Waals surface area contributed by atoms with Crippen molar-refractivity contribution in [3.05, 3.63) is 28.8 Å². The molecule has 0 bridgehead atoms. The summed E-state index contributed by atoms with van der Waals surface area (Å²) >= 11 is 5.99. The van der Waals surface area contributed by atoms with Gasteiger partial charge in [-0.15, -0.1) is 0 Å². The number of benzene rings is 1. The summed E-state index contributed by atoms with van der Waals surface area (Å²) in [6.07, 6.45) is 0. The van der Waals surface area contributed by atoms with Crippen LogP contribution in [0.15, 0.2) is 23.1 Å². The molecule has 0 heterocycles. The molecular formula is C13H16ClNO4S.